The molecule has 1 aromatic heterocycles. The van der Waals surface area contributed by atoms with Crippen LogP contribution in [0.4, 0.5) is 0 Å². The Morgan fingerprint density at radius 2 is 2.20 bits per heavy atom. The van der Waals surface area contributed by atoms with Crippen molar-refractivity contribution in [2.75, 3.05) is 5.75 Å². The van der Waals surface area contributed by atoms with Crippen molar-refractivity contribution in [1.29, 1.82) is 5.26 Å². The Kier molecular flexibility index (Phi) is 3.85. The van der Waals surface area contributed by atoms with E-state index in [-0.39, 0.29) is 6.54 Å². The highest BCUT2D eigenvalue weighted by Crippen LogP contribution is 2.20. The van der Waals surface area contributed by atoms with Crippen LogP contribution in [0.2, 0.25) is 0 Å². The fourth-order valence-corrected chi connectivity index (χ4v) is 2.79. The minimum Gasteiger partial charge on any atom is -0.211 e. The molecule has 1 rings (SSSR count). The Labute approximate surface area is 93.6 Å². The molecular weight excluding hydrogens is 232 g/mol. The molecule has 0 aliphatic rings. The Balaban J connectivity index is 2.62. The lowest BCUT2D eigenvalue weighted by molar-refractivity contribution is 0.585. The van der Waals surface area contributed by atoms with Crippen molar-refractivity contribution in [3.63, 3.8) is 0 Å². The van der Waals surface area contributed by atoms with E-state index in [1.807, 2.05) is 19.9 Å². The summed E-state index contributed by atoms with van der Waals surface area (Å²) in [5.74, 6) is -0.490. The molecular formula is C9H12N2O2S2. The van der Waals surface area contributed by atoms with Gasteiger partial charge in [-0.3, -0.25) is 0 Å². The first-order chi connectivity index (χ1) is 6.94. The molecule has 82 valence electrons. The summed E-state index contributed by atoms with van der Waals surface area (Å²) in [5.41, 5.74) is 1.16. The lowest BCUT2D eigenvalue weighted by Gasteiger charge is -2.00. The van der Waals surface area contributed by atoms with Gasteiger partial charge in [-0.2, -0.15) is 5.26 Å². The maximum atomic E-state index is 11.2. The third-order valence-electron chi connectivity index (χ3n) is 1.94. The smallest absolute Gasteiger partial charge is 0.211 e. The van der Waals surface area contributed by atoms with Crippen LogP contribution in [-0.4, -0.2) is 14.2 Å². The van der Waals surface area contributed by atoms with Crippen molar-refractivity contribution in [3.8, 4) is 6.07 Å². The molecule has 6 heteroatoms. The van der Waals surface area contributed by atoms with Crippen molar-refractivity contribution in [2.45, 2.75) is 20.4 Å². The Hall–Kier alpha value is -0.900. The molecule has 0 aliphatic carbocycles. The first-order valence-electron chi connectivity index (χ1n) is 4.35. The quantitative estimate of drug-likeness (QED) is 0.868. The topological polar surface area (TPSA) is 70.0 Å². The minimum atomic E-state index is -3.44. The van der Waals surface area contributed by atoms with Crippen molar-refractivity contribution < 1.29 is 8.42 Å². The van der Waals surface area contributed by atoms with Gasteiger partial charge in [-0.25, -0.2) is 13.1 Å². The number of thiophene rings is 1. The van der Waals surface area contributed by atoms with Crippen molar-refractivity contribution in [3.05, 3.63) is 21.4 Å². The van der Waals surface area contributed by atoms with Crippen LogP contribution in [0.5, 0.6) is 0 Å². The molecule has 0 aromatic carbocycles. The number of sulfonamides is 1. The maximum absolute atomic E-state index is 11.2. The van der Waals surface area contributed by atoms with Crippen LogP contribution < -0.4 is 4.72 Å². The van der Waals surface area contributed by atoms with E-state index >= 15 is 0 Å². The monoisotopic (exact) mass is 244 g/mol. The molecule has 15 heavy (non-hydrogen) atoms. The van der Waals surface area contributed by atoms with E-state index in [0.717, 1.165) is 10.4 Å². The van der Waals surface area contributed by atoms with Crippen molar-refractivity contribution in [1.82, 2.24) is 4.72 Å². The molecule has 0 saturated heterocycles. The van der Waals surface area contributed by atoms with E-state index in [2.05, 4.69) is 4.72 Å². The molecule has 1 aromatic rings. The largest absolute Gasteiger partial charge is 0.225 e. The summed E-state index contributed by atoms with van der Waals surface area (Å²) < 4.78 is 24.7. The summed E-state index contributed by atoms with van der Waals surface area (Å²) in [6.45, 7) is 4.25. The number of nitriles is 1. The molecule has 0 fully saturated rings. The molecule has 0 bridgehead atoms. The van der Waals surface area contributed by atoms with E-state index in [0.29, 0.717) is 0 Å². The number of aryl methyl sites for hydroxylation is 2. The van der Waals surface area contributed by atoms with Gasteiger partial charge in [-0.05, 0) is 25.5 Å². The summed E-state index contributed by atoms with van der Waals surface area (Å²) in [7, 11) is -3.44. The van der Waals surface area contributed by atoms with Crippen LogP contribution >= 0.6 is 11.3 Å². The lowest BCUT2D eigenvalue weighted by Crippen LogP contribution is -2.24. The normalized spacial score (nSPS) is 11.3. The first kappa shape index (κ1) is 12.2. The fraction of sp³-hybridized carbons (Fsp3) is 0.444. The highest BCUT2D eigenvalue weighted by Gasteiger charge is 2.10. The van der Waals surface area contributed by atoms with E-state index < -0.39 is 15.8 Å². The highest BCUT2D eigenvalue weighted by atomic mass is 32.2. The van der Waals surface area contributed by atoms with Crippen LogP contribution in [0.15, 0.2) is 6.07 Å². The summed E-state index contributed by atoms with van der Waals surface area (Å²) in [5, 5.41) is 8.28. The number of nitrogens with zero attached hydrogens (tertiary/aromatic N) is 1. The second kappa shape index (κ2) is 4.75. The summed E-state index contributed by atoms with van der Waals surface area (Å²) >= 11 is 1.56. The second-order valence-corrected chi connectivity index (χ2v) is 6.34. The third kappa shape index (κ3) is 3.63. The molecule has 0 amide bonds. The van der Waals surface area contributed by atoms with Crippen LogP contribution in [0.1, 0.15) is 15.3 Å². The molecule has 4 nitrogen and oxygen atoms in total. The summed E-state index contributed by atoms with van der Waals surface area (Å²) in [4.78, 5) is 2.15. The van der Waals surface area contributed by atoms with Crippen LogP contribution in [-0.2, 0) is 16.6 Å². The lowest BCUT2D eigenvalue weighted by atomic mass is 10.3. The van der Waals surface area contributed by atoms with Gasteiger partial charge in [-0.1, -0.05) is 0 Å². The standard InChI is InChI=1S/C9H12N2O2S2/c1-7-5-9(14-8(7)2)6-11-15(12,13)4-3-10/h5,11H,4,6H2,1-2H3. The molecule has 1 heterocycles. The number of hydrogen-bond acceptors (Lipinski definition) is 4. The van der Waals surface area contributed by atoms with Gasteiger partial charge in [0.25, 0.3) is 0 Å². The number of rotatable bonds is 4. The number of nitrogens with one attached hydrogen (secondary N) is 1. The van der Waals surface area contributed by atoms with Crippen molar-refractivity contribution >= 4 is 21.4 Å². The molecule has 0 aliphatic heterocycles. The van der Waals surface area contributed by atoms with Gasteiger partial charge in [-0.15, -0.1) is 11.3 Å². The van der Waals surface area contributed by atoms with E-state index in [1.54, 1.807) is 17.4 Å². The maximum Gasteiger partial charge on any atom is 0.225 e. The van der Waals surface area contributed by atoms with Gasteiger partial charge in [0.1, 0.15) is 0 Å². The van der Waals surface area contributed by atoms with Gasteiger partial charge < -0.3 is 0 Å². The number of hydrogen-bond donors (Lipinski definition) is 1. The average Bonchev–Trinajstić information content (AvgIpc) is 2.44. The molecule has 0 saturated carbocycles. The molecule has 0 radical (unpaired) electrons. The SMILES string of the molecule is Cc1cc(CNS(=O)(=O)CC#N)sc1C. The van der Waals surface area contributed by atoms with Crippen LogP contribution in [0, 0.1) is 25.2 Å². The van der Waals surface area contributed by atoms with Gasteiger partial charge >= 0.3 is 0 Å². The van der Waals surface area contributed by atoms with E-state index in [9.17, 15) is 8.42 Å². The zero-order valence-electron chi connectivity index (χ0n) is 8.57. The predicted octanol–water partition coefficient (Wildman–Crippen LogP) is 1.31. The van der Waals surface area contributed by atoms with E-state index in [4.69, 9.17) is 5.26 Å². The molecule has 0 atom stereocenters. The zero-order valence-corrected chi connectivity index (χ0v) is 10.2. The predicted molar refractivity (Wildman–Crippen MR) is 60.0 cm³/mol. The third-order valence-corrected chi connectivity index (χ3v) is 4.18. The molecule has 1 N–H and O–H groups in total. The van der Waals surface area contributed by atoms with Crippen LogP contribution in [0.25, 0.3) is 0 Å². The van der Waals surface area contributed by atoms with Gasteiger partial charge in [0.2, 0.25) is 10.0 Å². The Morgan fingerprint density at radius 3 is 2.67 bits per heavy atom. The van der Waals surface area contributed by atoms with Gasteiger partial charge in [0.15, 0.2) is 5.75 Å². The fourth-order valence-electron chi connectivity index (χ4n) is 1.05. The molecule has 0 unspecified atom stereocenters. The molecule has 0 spiro atoms. The average molecular weight is 244 g/mol. The minimum absolute atomic E-state index is 0.267. The Bertz CT molecular complexity index is 463. The summed E-state index contributed by atoms with van der Waals surface area (Å²) in [6, 6.07) is 3.57. The zero-order chi connectivity index (χ0) is 11.5. The first-order valence-corrected chi connectivity index (χ1v) is 6.81. The van der Waals surface area contributed by atoms with E-state index in [1.165, 1.54) is 4.88 Å². The van der Waals surface area contributed by atoms with Crippen LogP contribution in [0.3, 0.4) is 0 Å². The second-order valence-electron chi connectivity index (χ2n) is 3.19. The Morgan fingerprint density at radius 1 is 1.53 bits per heavy atom. The van der Waals surface area contributed by atoms with Gasteiger partial charge in [0, 0.05) is 16.3 Å². The van der Waals surface area contributed by atoms with Crippen molar-refractivity contribution in [2.24, 2.45) is 0 Å². The summed E-state index contributed by atoms with van der Waals surface area (Å²) in [6.07, 6.45) is 0. The van der Waals surface area contributed by atoms with Gasteiger partial charge in [0.05, 0.1) is 6.07 Å². The highest BCUT2D eigenvalue weighted by molar-refractivity contribution is 7.89.